The third-order valence-electron chi connectivity index (χ3n) is 2.40. The van der Waals surface area contributed by atoms with Gasteiger partial charge in [0.2, 0.25) is 0 Å². The minimum atomic E-state index is -0.622. The summed E-state index contributed by atoms with van der Waals surface area (Å²) in [7, 11) is 0. The van der Waals surface area contributed by atoms with Gasteiger partial charge >= 0.3 is 5.97 Å². The smallest absolute Gasteiger partial charge is 0.341 e. The molecule has 0 saturated carbocycles. The standard InChI is InChI=1S/C14H13FO2/c1-9(2)17-14(16)12-7-10-5-3-4-6-11(10)8-13(12)15/h3-9H,1-2H3. The lowest BCUT2D eigenvalue weighted by atomic mass is 10.1. The normalized spacial score (nSPS) is 10.8. The van der Waals surface area contributed by atoms with Gasteiger partial charge in [-0.25, -0.2) is 9.18 Å². The van der Waals surface area contributed by atoms with Crippen LogP contribution in [0.1, 0.15) is 24.2 Å². The van der Waals surface area contributed by atoms with Crippen LogP contribution in [-0.4, -0.2) is 12.1 Å². The van der Waals surface area contributed by atoms with Gasteiger partial charge in [-0.15, -0.1) is 0 Å². The number of ether oxygens (including phenoxy) is 1. The largest absolute Gasteiger partial charge is 0.459 e. The van der Waals surface area contributed by atoms with Crippen molar-refractivity contribution in [3.05, 3.63) is 47.8 Å². The van der Waals surface area contributed by atoms with E-state index in [1.807, 2.05) is 18.2 Å². The Bertz CT molecular complexity index is 561. The van der Waals surface area contributed by atoms with Crippen LogP contribution in [0.4, 0.5) is 4.39 Å². The Balaban J connectivity index is 2.47. The van der Waals surface area contributed by atoms with E-state index in [0.717, 1.165) is 10.8 Å². The molecule has 0 aliphatic rings. The van der Waals surface area contributed by atoms with E-state index in [-0.39, 0.29) is 11.7 Å². The zero-order valence-electron chi connectivity index (χ0n) is 9.74. The van der Waals surface area contributed by atoms with Gasteiger partial charge in [-0.1, -0.05) is 24.3 Å². The second-order valence-electron chi connectivity index (χ2n) is 4.13. The monoisotopic (exact) mass is 232 g/mol. The molecule has 2 aromatic carbocycles. The molecule has 0 aliphatic heterocycles. The molecule has 2 rings (SSSR count). The number of hydrogen-bond donors (Lipinski definition) is 0. The van der Waals surface area contributed by atoms with Crippen LogP contribution in [0.2, 0.25) is 0 Å². The van der Waals surface area contributed by atoms with Gasteiger partial charge in [-0.05, 0) is 36.8 Å². The first-order valence-corrected chi connectivity index (χ1v) is 5.47. The number of halogens is 1. The van der Waals surface area contributed by atoms with Gasteiger partial charge in [0.05, 0.1) is 11.7 Å². The Morgan fingerprint density at radius 2 is 1.76 bits per heavy atom. The van der Waals surface area contributed by atoms with E-state index < -0.39 is 11.8 Å². The van der Waals surface area contributed by atoms with Gasteiger partial charge in [0, 0.05) is 0 Å². The molecule has 17 heavy (non-hydrogen) atoms. The molecular weight excluding hydrogens is 219 g/mol. The number of esters is 1. The van der Waals surface area contributed by atoms with Crippen molar-refractivity contribution < 1.29 is 13.9 Å². The first-order valence-electron chi connectivity index (χ1n) is 5.47. The van der Waals surface area contributed by atoms with Crippen molar-refractivity contribution >= 4 is 16.7 Å². The molecule has 0 bridgehead atoms. The summed E-state index contributed by atoms with van der Waals surface area (Å²) in [6, 6.07) is 10.2. The lowest BCUT2D eigenvalue weighted by molar-refractivity contribution is 0.0373. The zero-order valence-corrected chi connectivity index (χ0v) is 9.74. The molecule has 88 valence electrons. The molecule has 2 aromatic rings. The molecule has 3 heteroatoms. The predicted octanol–water partition coefficient (Wildman–Crippen LogP) is 3.54. The summed E-state index contributed by atoms with van der Waals surface area (Å²) < 4.78 is 18.7. The summed E-state index contributed by atoms with van der Waals surface area (Å²) >= 11 is 0. The minimum absolute atomic E-state index is 0.0163. The maximum absolute atomic E-state index is 13.7. The van der Waals surface area contributed by atoms with Gasteiger partial charge in [0.25, 0.3) is 0 Å². The summed E-state index contributed by atoms with van der Waals surface area (Å²) in [5, 5.41) is 1.59. The quantitative estimate of drug-likeness (QED) is 0.740. The van der Waals surface area contributed by atoms with E-state index in [2.05, 4.69) is 0 Å². The van der Waals surface area contributed by atoms with Crippen LogP contribution in [0.15, 0.2) is 36.4 Å². The summed E-state index contributed by atoms with van der Waals surface area (Å²) in [5.74, 6) is -1.17. The first kappa shape index (κ1) is 11.6. The summed E-state index contributed by atoms with van der Waals surface area (Å²) in [6.45, 7) is 3.47. The number of carbonyl (C=O) groups is 1. The van der Waals surface area contributed by atoms with Crippen LogP contribution in [0, 0.1) is 5.82 Å². The summed E-state index contributed by atoms with van der Waals surface area (Å²) in [6.07, 6.45) is -0.256. The fourth-order valence-corrected chi connectivity index (χ4v) is 1.65. The fraction of sp³-hybridized carbons (Fsp3) is 0.214. The topological polar surface area (TPSA) is 26.3 Å². The Kier molecular flexibility index (Phi) is 3.09. The van der Waals surface area contributed by atoms with E-state index in [0.29, 0.717) is 0 Å². The SMILES string of the molecule is CC(C)OC(=O)c1cc2ccccc2cc1F. The number of carbonyl (C=O) groups excluding carboxylic acids is 1. The van der Waals surface area contributed by atoms with Crippen molar-refractivity contribution in [2.75, 3.05) is 0 Å². The molecular formula is C14H13FO2. The highest BCUT2D eigenvalue weighted by Crippen LogP contribution is 2.20. The van der Waals surface area contributed by atoms with Crippen molar-refractivity contribution in [3.63, 3.8) is 0 Å². The van der Waals surface area contributed by atoms with Crippen LogP contribution in [-0.2, 0) is 4.74 Å². The number of benzene rings is 2. The second-order valence-corrected chi connectivity index (χ2v) is 4.13. The number of fused-ring (bicyclic) bond motifs is 1. The van der Waals surface area contributed by atoms with E-state index >= 15 is 0 Å². The highest BCUT2D eigenvalue weighted by Gasteiger charge is 2.15. The van der Waals surface area contributed by atoms with Gasteiger partial charge in [-0.2, -0.15) is 0 Å². The average Bonchev–Trinajstić information content (AvgIpc) is 2.27. The molecule has 0 radical (unpaired) electrons. The van der Waals surface area contributed by atoms with Gasteiger partial charge < -0.3 is 4.74 Å². The molecule has 2 nitrogen and oxygen atoms in total. The van der Waals surface area contributed by atoms with Crippen molar-refractivity contribution in [1.82, 2.24) is 0 Å². The summed E-state index contributed by atoms with van der Waals surface area (Å²) in [5.41, 5.74) is -0.0163. The van der Waals surface area contributed by atoms with E-state index in [1.54, 1.807) is 19.9 Å². The number of hydrogen-bond acceptors (Lipinski definition) is 2. The van der Waals surface area contributed by atoms with Gasteiger partial charge in [-0.3, -0.25) is 0 Å². The lowest BCUT2D eigenvalue weighted by Gasteiger charge is -2.09. The third kappa shape index (κ3) is 2.44. The lowest BCUT2D eigenvalue weighted by Crippen LogP contribution is -2.13. The molecule has 0 heterocycles. The summed E-state index contributed by atoms with van der Waals surface area (Å²) in [4.78, 5) is 11.7. The number of rotatable bonds is 2. The molecule has 0 amide bonds. The Hall–Kier alpha value is -1.90. The minimum Gasteiger partial charge on any atom is -0.459 e. The van der Waals surface area contributed by atoms with Crippen molar-refractivity contribution in [3.8, 4) is 0 Å². The van der Waals surface area contributed by atoms with E-state index in [9.17, 15) is 9.18 Å². The maximum atomic E-state index is 13.7. The van der Waals surface area contributed by atoms with Crippen LogP contribution in [0.3, 0.4) is 0 Å². The predicted molar refractivity (Wildman–Crippen MR) is 64.5 cm³/mol. The maximum Gasteiger partial charge on any atom is 0.341 e. The van der Waals surface area contributed by atoms with Crippen LogP contribution >= 0.6 is 0 Å². The van der Waals surface area contributed by atoms with Crippen molar-refractivity contribution in [1.29, 1.82) is 0 Å². The highest BCUT2D eigenvalue weighted by atomic mass is 19.1. The molecule has 0 saturated heterocycles. The third-order valence-corrected chi connectivity index (χ3v) is 2.40. The van der Waals surface area contributed by atoms with Gasteiger partial charge in [0.1, 0.15) is 5.82 Å². The van der Waals surface area contributed by atoms with Crippen molar-refractivity contribution in [2.24, 2.45) is 0 Å². The van der Waals surface area contributed by atoms with Crippen molar-refractivity contribution in [2.45, 2.75) is 20.0 Å². The zero-order chi connectivity index (χ0) is 12.4. The molecule has 0 N–H and O–H groups in total. The van der Waals surface area contributed by atoms with E-state index in [4.69, 9.17) is 4.74 Å². The van der Waals surface area contributed by atoms with Crippen LogP contribution in [0.5, 0.6) is 0 Å². The van der Waals surface area contributed by atoms with Crippen LogP contribution in [0.25, 0.3) is 10.8 Å². The Labute approximate surface area is 99.0 Å². The molecule has 0 spiro atoms. The Morgan fingerprint density at radius 1 is 1.18 bits per heavy atom. The van der Waals surface area contributed by atoms with E-state index in [1.165, 1.54) is 12.1 Å². The molecule has 0 fully saturated rings. The molecule has 0 aromatic heterocycles. The fourth-order valence-electron chi connectivity index (χ4n) is 1.65. The highest BCUT2D eigenvalue weighted by molar-refractivity contribution is 5.95. The van der Waals surface area contributed by atoms with Gasteiger partial charge in [0.15, 0.2) is 0 Å². The molecule has 0 unspecified atom stereocenters. The van der Waals surface area contributed by atoms with Crippen LogP contribution < -0.4 is 0 Å². The molecule has 0 aliphatic carbocycles. The molecule has 0 atom stereocenters. The Morgan fingerprint density at radius 3 is 2.35 bits per heavy atom. The average molecular weight is 232 g/mol. The second kappa shape index (κ2) is 4.53. The first-order chi connectivity index (χ1) is 8.08.